The Labute approximate surface area is 138 Å². The molecule has 4 heteroatoms. The predicted octanol–water partition coefficient (Wildman–Crippen LogP) is 4.33. The van der Waals surface area contributed by atoms with Crippen LogP contribution in [0.3, 0.4) is 0 Å². The Balaban J connectivity index is 1.83. The average molecular weight is 322 g/mol. The minimum Gasteiger partial charge on any atom is -0.481 e. The second-order valence-corrected chi connectivity index (χ2v) is 8.28. The van der Waals surface area contributed by atoms with Gasteiger partial charge in [0.15, 0.2) is 0 Å². The summed E-state index contributed by atoms with van der Waals surface area (Å²) in [4.78, 5) is 23.5. The molecule has 0 amide bonds. The highest BCUT2D eigenvalue weighted by molar-refractivity contribution is 5.72. The maximum absolute atomic E-state index is 11.8. The first-order valence-electron chi connectivity index (χ1n) is 9.48. The van der Waals surface area contributed by atoms with Crippen LogP contribution in [-0.4, -0.2) is 22.2 Å². The highest BCUT2D eigenvalue weighted by Gasteiger charge is 2.58. The molecule has 0 spiro atoms. The van der Waals surface area contributed by atoms with Gasteiger partial charge in [0.25, 0.3) is 0 Å². The lowest BCUT2D eigenvalue weighted by Gasteiger charge is -2.41. The standard InChI is InChI=1S/C19H30O4/c20-17(21)14-6-4-2-1-3-5-7-15(11-14)19-9-8-13(12-19)10-16(19)18(22)23/h13-16H,1-12H2,(H,20,21)(H,22,23). The van der Waals surface area contributed by atoms with Crippen molar-refractivity contribution in [2.45, 2.75) is 77.0 Å². The van der Waals surface area contributed by atoms with Crippen molar-refractivity contribution in [3.8, 4) is 0 Å². The molecule has 0 radical (unpaired) electrons. The molecular weight excluding hydrogens is 292 g/mol. The summed E-state index contributed by atoms with van der Waals surface area (Å²) in [6, 6.07) is 0. The molecule has 3 aliphatic rings. The third-order valence-corrected chi connectivity index (χ3v) is 7.08. The van der Waals surface area contributed by atoms with E-state index in [2.05, 4.69) is 0 Å². The lowest BCUT2D eigenvalue weighted by Crippen LogP contribution is -2.39. The molecule has 0 aromatic carbocycles. The number of rotatable bonds is 3. The Hall–Kier alpha value is -1.06. The number of aliphatic carboxylic acids is 2. The van der Waals surface area contributed by atoms with Crippen molar-refractivity contribution in [1.29, 1.82) is 0 Å². The maximum atomic E-state index is 11.8. The van der Waals surface area contributed by atoms with E-state index in [9.17, 15) is 19.8 Å². The number of hydrogen-bond donors (Lipinski definition) is 2. The molecule has 2 bridgehead atoms. The first kappa shape index (κ1) is 16.8. The van der Waals surface area contributed by atoms with Gasteiger partial charge in [-0.1, -0.05) is 32.1 Å². The molecule has 3 fully saturated rings. The zero-order valence-corrected chi connectivity index (χ0v) is 14.0. The highest BCUT2D eigenvalue weighted by Crippen LogP contribution is 2.63. The summed E-state index contributed by atoms with van der Waals surface area (Å²) < 4.78 is 0. The van der Waals surface area contributed by atoms with Gasteiger partial charge in [-0.25, -0.2) is 0 Å². The normalized spacial score (nSPS) is 41.6. The van der Waals surface area contributed by atoms with Gasteiger partial charge in [-0.15, -0.1) is 0 Å². The zero-order valence-electron chi connectivity index (χ0n) is 14.0. The van der Waals surface area contributed by atoms with E-state index in [1.165, 1.54) is 12.8 Å². The van der Waals surface area contributed by atoms with Crippen LogP contribution in [0.25, 0.3) is 0 Å². The van der Waals surface area contributed by atoms with Crippen LogP contribution in [-0.2, 0) is 9.59 Å². The van der Waals surface area contributed by atoms with E-state index in [4.69, 9.17) is 0 Å². The Morgan fingerprint density at radius 1 is 0.826 bits per heavy atom. The Kier molecular flexibility index (Phi) is 4.98. The third kappa shape index (κ3) is 3.27. The van der Waals surface area contributed by atoms with Gasteiger partial charge in [-0.2, -0.15) is 0 Å². The van der Waals surface area contributed by atoms with Crippen LogP contribution in [0.4, 0.5) is 0 Å². The highest BCUT2D eigenvalue weighted by atomic mass is 16.4. The van der Waals surface area contributed by atoms with Gasteiger partial charge in [0.05, 0.1) is 11.8 Å². The van der Waals surface area contributed by atoms with Gasteiger partial charge in [0, 0.05) is 0 Å². The van der Waals surface area contributed by atoms with Crippen molar-refractivity contribution in [2.75, 3.05) is 0 Å². The number of fused-ring (bicyclic) bond motifs is 2. The summed E-state index contributed by atoms with van der Waals surface area (Å²) in [7, 11) is 0. The first-order chi connectivity index (χ1) is 11.0. The van der Waals surface area contributed by atoms with Crippen molar-refractivity contribution in [3.63, 3.8) is 0 Å². The van der Waals surface area contributed by atoms with Gasteiger partial charge in [0.1, 0.15) is 0 Å². The molecule has 3 aliphatic carbocycles. The van der Waals surface area contributed by atoms with Crippen LogP contribution in [0.2, 0.25) is 0 Å². The molecule has 5 unspecified atom stereocenters. The SMILES string of the molecule is O=C(O)C1CCCCCCCC(C23CCC(CC2C(=O)O)C3)C1. The van der Waals surface area contributed by atoms with Gasteiger partial charge >= 0.3 is 11.9 Å². The van der Waals surface area contributed by atoms with Crippen LogP contribution < -0.4 is 0 Å². The van der Waals surface area contributed by atoms with Crippen molar-refractivity contribution in [3.05, 3.63) is 0 Å². The van der Waals surface area contributed by atoms with Crippen LogP contribution in [0.5, 0.6) is 0 Å². The molecule has 0 aromatic heterocycles. The van der Waals surface area contributed by atoms with Crippen molar-refractivity contribution in [2.24, 2.45) is 29.1 Å². The van der Waals surface area contributed by atoms with E-state index in [1.807, 2.05) is 0 Å². The molecule has 3 rings (SSSR count). The van der Waals surface area contributed by atoms with E-state index in [-0.39, 0.29) is 23.2 Å². The number of carboxylic acids is 2. The average Bonchev–Trinajstić information content (AvgIpc) is 3.11. The van der Waals surface area contributed by atoms with Gasteiger partial charge < -0.3 is 10.2 Å². The molecule has 5 atom stereocenters. The van der Waals surface area contributed by atoms with E-state index in [0.29, 0.717) is 12.3 Å². The molecular formula is C19H30O4. The fraction of sp³-hybridized carbons (Fsp3) is 0.895. The second kappa shape index (κ2) is 6.82. The minimum absolute atomic E-state index is 0.108. The number of carbonyl (C=O) groups is 2. The number of hydrogen-bond acceptors (Lipinski definition) is 2. The minimum atomic E-state index is -0.675. The van der Waals surface area contributed by atoms with Crippen LogP contribution in [0.15, 0.2) is 0 Å². The molecule has 0 aliphatic heterocycles. The summed E-state index contributed by atoms with van der Waals surface area (Å²) >= 11 is 0. The summed E-state index contributed by atoms with van der Waals surface area (Å²) in [5, 5.41) is 19.3. The maximum Gasteiger partial charge on any atom is 0.307 e. The van der Waals surface area contributed by atoms with Crippen LogP contribution >= 0.6 is 0 Å². The molecule has 23 heavy (non-hydrogen) atoms. The Morgan fingerprint density at radius 3 is 2.17 bits per heavy atom. The molecule has 130 valence electrons. The van der Waals surface area contributed by atoms with Crippen molar-refractivity contribution in [1.82, 2.24) is 0 Å². The molecule has 0 heterocycles. The van der Waals surface area contributed by atoms with Crippen molar-refractivity contribution >= 4 is 11.9 Å². The van der Waals surface area contributed by atoms with Crippen LogP contribution in [0.1, 0.15) is 77.0 Å². The summed E-state index contributed by atoms with van der Waals surface area (Å²) in [6.07, 6.45) is 12.2. The first-order valence-corrected chi connectivity index (χ1v) is 9.48. The number of carboxylic acid groups (broad SMARTS) is 2. The largest absolute Gasteiger partial charge is 0.481 e. The molecule has 3 saturated carbocycles. The molecule has 4 nitrogen and oxygen atoms in total. The summed E-state index contributed by atoms with van der Waals surface area (Å²) in [6.45, 7) is 0. The van der Waals surface area contributed by atoms with Gasteiger partial charge in [0.2, 0.25) is 0 Å². The summed E-state index contributed by atoms with van der Waals surface area (Å²) in [5.74, 6) is -0.974. The lowest BCUT2D eigenvalue weighted by molar-refractivity contribution is -0.149. The van der Waals surface area contributed by atoms with Gasteiger partial charge in [-0.05, 0) is 62.2 Å². The summed E-state index contributed by atoms with van der Waals surface area (Å²) in [5.41, 5.74) is -0.108. The second-order valence-electron chi connectivity index (χ2n) is 8.28. The molecule has 2 N–H and O–H groups in total. The Bertz CT molecular complexity index is 460. The quantitative estimate of drug-likeness (QED) is 0.811. The smallest absolute Gasteiger partial charge is 0.307 e. The molecule has 0 saturated heterocycles. The van der Waals surface area contributed by atoms with E-state index < -0.39 is 11.9 Å². The monoisotopic (exact) mass is 322 g/mol. The predicted molar refractivity (Wildman–Crippen MR) is 87.1 cm³/mol. The van der Waals surface area contributed by atoms with Crippen molar-refractivity contribution < 1.29 is 19.8 Å². The fourth-order valence-electron chi connectivity index (χ4n) is 5.94. The third-order valence-electron chi connectivity index (χ3n) is 7.08. The molecule has 0 aromatic rings. The van der Waals surface area contributed by atoms with Crippen LogP contribution in [0, 0.1) is 29.1 Å². The fourth-order valence-corrected chi connectivity index (χ4v) is 5.94. The lowest BCUT2D eigenvalue weighted by atomic mass is 9.62. The topological polar surface area (TPSA) is 74.6 Å². The van der Waals surface area contributed by atoms with E-state index in [0.717, 1.165) is 57.8 Å². The van der Waals surface area contributed by atoms with E-state index >= 15 is 0 Å². The zero-order chi connectivity index (χ0) is 16.4. The Morgan fingerprint density at radius 2 is 1.52 bits per heavy atom. The van der Waals surface area contributed by atoms with Gasteiger partial charge in [-0.3, -0.25) is 9.59 Å². The van der Waals surface area contributed by atoms with E-state index in [1.54, 1.807) is 0 Å².